The Morgan fingerprint density at radius 3 is 2.75 bits per heavy atom. The smallest absolute Gasteiger partial charge is 0.354 e. The second kappa shape index (κ2) is 4.78. The van der Waals surface area contributed by atoms with E-state index >= 15 is 0 Å². The van der Waals surface area contributed by atoms with Crippen molar-refractivity contribution in [1.82, 2.24) is 9.78 Å². The molecule has 0 unspecified atom stereocenters. The lowest BCUT2D eigenvalue weighted by Gasteiger charge is -2.09. The fraction of sp³-hybridized carbons (Fsp3) is 0.375. The van der Waals surface area contributed by atoms with Gasteiger partial charge in [0.2, 0.25) is 0 Å². The lowest BCUT2D eigenvalue weighted by Crippen LogP contribution is -2.11. The molecule has 0 saturated heterocycles. The van der Waals surface area contributed by atoms with Crippen LogP contribution in [0, 0.1) is 13.8 Å². The molecule has 0 radical (unpaired) electrons. The molecule has 0 atom stereocenters. The number of aromatic nitrogens is 2. The van der Waals surface area contributed by atoms with E-state index in [0.29, 0.717) is 12.5 Å². The lowest BCUT2D eigenvalue weighted by molar-refractivity contribution is 0.0684. The zero-order chi connectivity index (χ0) is 14.3. The number of aryl methyl sites for hydroxylation is 2. The fourth-order valence-electron chi connectivity index (χ4n) is 2.44. The molecule has 1 saturated carbocycles. The number of rotatable bonds is 4. The van der Waals surface area contributed by atoms with E-state index in [-0.39, 0.29) is 5.69 Å². The van der Waals surface area contributed by atoms with E-state index in [0.717, 1.165) is 29.7 Å². The van der Waals surface area contributed by atoms with Gasteiger partial charge in [-0.05, 0) is 43.9 Å². The third-order valence-corrected chi connectivity index (χ3v) is 3.84. The molecule has 1 aromatic heterocycles. The molecule has 0 bridgehead atoms. The Hall–Kier alpha value is -2.10. The Morgan fingerprint density at radius 1 is 1.35 bits per heavy atom. The number of carboxylic acid groups (broad SMARTS) is 1. The summed E-state index contributed by atoms with van der Waals surface area (Å²) in [6, 6.07) is 7.95. The minimum Gasteiger partial charge on any atom is -0.477 e. The van der Waals surface area contributed by atoms with E-state index in [2.05, 4.69) is 23.3 Å². The summed E-state index contributed by atoms with van der Waals surface area (Å²) >= 11 is 0. The van der Waals surface area contributed by atoms with E-state index in [9.17, 15) is 9.90 Å². The van der Waals surface area contributed by atoms with Crippen LogP contribution in [0.15, 0.2) is 24.3 Å². The maximum atomic E-state index is 11.4. The number of hydrogen-bond donors (Lipinski definition) is 1. The monoisotopic (exact) mass is 270 g/mol. The van der Waals surface area contributed by atoms with E-state index in [1.165, 1.54) is 5.56 Å². The molecular weight excluding hydrogens is 252 g/mol. The highest BCUT2D eigenvalue weighted by molar-refractivity contribution is 5.85. The van der Waals surface area contributed by atoms with Crippen LogP contribution in [0.1, 0.15) is 51.6 Å². The Balaban J connectivity index is 1.96. The predicted molar refractivity (Wildman–Crippen MR) is 76.2 cm³/mol. The van der Waals surface area contributed by atoms with Gasteiger partial charge in [-0.2, -0.15) is 5.10 Å². The average Bonchev–Trinajstić information content (AvgIpc) is 3.15. The molecular formula is C16H18N2O2. The molecule has 1 heterocycles. The molecule has 1 aliphatic rings. The van der Waals surface area contributed by atoms with Crippen molar-refractivity contribution >= 4 is 5.97 Å². The van der Waals surface area contributed by atoms with E-state index < -0.39 is 5.97 Å². The maximum absolute atomic E-state index is 11.4. The van der Waals surface area contributed by atoms with Crippen molar-refractivity contribution < 1.29 is 9.90 Å². The molecule has 0 aliphatic heterocycles. The number of nitrogens with zero attached hydrogens (tertiary/aromatic N) is 2. The highest BCUT2D eigenvalue weighted by Crippen LogP contribution is 2.39. The van der Waals surface area contributed by atoms with Gasteiger partial charge in [0.25, 0.3) is 0 Å². The van der Waals surface area contributed by atoms with Crippen molar-refractivity contribution in [2.75, 3.05) is 0 Å². The summed E-state index contributed by atoms with van der Waals surface area (Å²) in [6.45, 7) is 4.60. The summed E-state index contributed by atoms with van der Waals surface area (Å²) in [4.78, 5) is 11.4. The van der Waals surface area contributed by atoms with Gasteiger partial charge < -0.3 is 5.11 Å². The minimum atomic E-state index is -0.908. The van der Waals surface area contributed by atoms with Gasteiger partial charge in [0, 0.05) is 5.92 Å². The number of hydrogen-bond acceptors (Lipinski definition) is 2. The first-order chi connectivity index (χ1) is 9.54. The van der Waals surface area contributed by atoms with Gasteiger partial charge >= 0.3 is 5.97 Å². The molecule has 3 rings (SSSR count). The largest absolute Gasteiger partial charge is 0.477 e. The van der Waals surface area contributed by atoms with Gasteiger partial charge in [0.1, 0.15) is 5.69 Å². The Labute approximate surface area is 118 Å². The first-order valence-electron chi connectivity index (χ1n) is 6.92. The first-order valence-corrected chi connectivity index (χ1v) is 6.92. The van der Waals surface area contributed by atoms with Crippen molar-refractivity contribution in [3.05, 3.63) is 52.3 Å². The summed E-state index contributed by atoms with van der Waals surface area (Å²) in [5, 5.41) is 13.8. The van der Waals surface area contributed by atoms with Crippen LogP contribution in [0.3, 0.4) is 0 Å². The number of carboxylic acids is 1. The van der Waals surface area contributed by atoms with Crippen LogP contribution in [0.5, 0.6) is 0 Å². The van der Waals surface area contributed by atoms with Crippen LogP contribution in [-0.2, 0) is 6.54 Å². The molecule has 2 aromatic rings. The zero-order valence-electron chi connectivity index (χ0n) is 11.8. The summed E-state index contributed by atoms with van der Waals surface area (Å²) < 4.78 is 1.62. The molecule has 1 aromatic carbocycles. The minimum absolute atomic E-state index is 0.285. The lowest BCUT2D eigenvalue weighted by atomic mass is 10.1. The van der Waals surface area contributed by atoms with Crippen molar-refractivity contribution in [1.29, 1.82) is 0 Å². The molecule has 1 aliphatic carbocycles. The van der Waals surface area contributed by atoms with Gasteiger partial charge in [-0.25, -0.2) is 4.79 Å². The van der Waals surface area contributed by atoms with Crippen LogP contribution in [-0.4, -0.2) is 20.9 Å². The van der Waals surface area contributed by atoms with E-state index in [1.54, 1.807) is 10.7 Å². The van der Waals surface area contributed by atoms with Crippen LogP contribution >= 0.6 is 0 Å². The first kappa shape index (κ1) is 12.9. The quantitative estimate of drug-likeness (QED) is 0.928. The molecule has 1 N–H and O–H groups in total. The molecule has 0 spiro atoms. The SMILES string of the molecule is Cc1ccc(C)c(Cn2nc(C3CC3)cc2C(=O)O)c1. The number of carbonyl (C=O) groups is 1. The van der Waals surface area contributed by atoms with Gasteiger partial charge in [-0.15, -0.1) is 0 Å². The third kappa shape index (κ3) is 2.46. The van der Waals surface area contributed by atoms with Crippen molar-refractivity contribution in [3.8, 4) is 0 Å². The molecule has 1 fully saturated rings. The fourth-order valence-corrected chi connectivity index (χ4v) is 2.44. The van der Waals surface area contributed by atoms with Gasteiger partial charge in [-0.1, -0.05) is 23.8 Å². The number of benzene rings is 1. The molecule has 104 valence electrons. The molecule has 20 heavy (non-hydrogen) atoms. The molecule has 0 amide bonds. The van der Waals surface area contributed by atoms with Gasteiger partial charge in [0.15, 0.2) is 0 Å². The topological polar surface area (TPSA) is 55.1 Å². The molecule has 4 nitrogen and oxygen atoms in total. The summed E-state index contributed by atoms with van der Waals surface area (Å²) in [5.74, 6) is -0.442. The van der Waals surface area contributed by atoms with Crippen LogP contribution in [0.4, 0.5) is 0 Å². The van der Waals surface area contributed by atoms with Gasteiger partial charge in [-0.3, -0.25) is 4.68 Å². The average molecular weight is 270 g/mol. The number of aromatic carboxylic acids is 1. The third-order valence-electron chi connectivity index (χ3n) is 3.84. The Kier molecular flexibility index (Phi) is 3.08. The second-order valence-electron chi connectivity index (χ2n) is 5.62. The maximum Gasteiger partial charge on any atom is 0.354 e. The van der Waals surface area contributed by atoms with Crippen LogP contribution < -0.4 is 0 Å². The summed E-state index contributed by atoms with van der Waals surface area (Å²) in [6.07, 6.45) is 2.25. The second-order valence-corrected chi connectivity index (χ2v) is 5.62. The normalized spacial score (nSPS) is 14.5. The zero-order valence-corrected chi connectivity index (χ0v) is 11.8. The highest BCUT2D eigenvalue weighted by Gasteiger charge is 2.28. The van der Waals surface area contributed by atoms with E-state index in [1.807, 2.05) is 13.8 Å². The van der Waals surface area contributed by atoms with Crippen LogP contribution in [0.25, 0.3) is 0 Å². The Bertz CT molecular complexity index is 669. The van der Waals surface area contributed by atoms with Crippen molar-refractivity contribution in [2.24, 2.45) is 0 Å². The van der Waals surface area contributed by atoms with Crippen LogP contribution in [0.2, 0.25) is 0 Å². The standard InChI is InChI=1S/C16H18N2O2/c1-10-3-4-11(2)13(7-10)9-18-15(16(19)20)8-14(17-18)12-5-6-12/h3-4,7-8,12H,5-6,9H2,1-2H3,(H,19,20). The highest BCUT2D eigenvalue weighted by atomic mass is 16.4. The Morgan fingerprint density at radius 2 is 2.10 bits per heavy atom. The van der Waals surface area contributed by atoms with E-state index in [4.69, 9.17) is 0 Å². The van der Waals surface area contributed by atoms with Gasteiger partial charge in [0.05, 0.1) is 12.2 Å². The molecule has 4 heteroatoms. The van der Waals surface area contributed by atoms with Crippen molar-refractivity contribution in [2.45, 2.75) is 39.2 Å². The van der Waals surface area contributed by atoms with Crippen molar-refractivity contribution in [3.63, 3.8) is 0 Å². The predicted octanol–water partition coefficient (Wildman–Crippen LogP) is 3.12. The summed E-state index contributed by atoms with van der Waals surface area (Å²) in [5.41, 5.74) is 4.67. The summed E-state index contributed by atoms with van der Waals surface area (Å²) in [7, 11) is 0.